The summed E-state index contributed by atoms with van der Waals surface area (Å²) in [6.07, 6.45) is 2.11. The summed E-state index contributed by atoms with van der Waals surface area (Å²) in [5, 5.41) is 5.70. The number of anilines is 1. The molecule has 2 aliphatic rings. The number of rotatable bonds is 5. The molecule has 2 heterocycles. The lowest BCUT2D eigenvalue weighted by atomic mass is 9.96. The van der Waals surface area contributed by atoms with E-state index in [1.54, 1.807) is 12.1 Å². The van der Waals surface area contributed by atoms with E-state index < -0.39 is 0 Å². The van der Waals surface area contributed by atoms with Crippen LogP contribution in [0.1, 0.15) is 48.2 Å². The lowest BCUT2D eigenvalue weighted by Gasteiger charge is -2.37. The molecule has 0 atom stereocenters. The zero-order valence-corrected chi connectivity index (χ0v) is 19.0. The molecule has 1 fully saturated rings. The first kappa shape index (κ1) is 21.2. The number of fused-ring (bicyclic) bond motifs is 1. The highest BCUT2D eigenvalue weighted by atomic mass is 35.5. The van der Waals surface area contributed by atoms with E-state index in [9.17, 15) is 4.79 Å². The van der Waals surface area contributed by atoms with Crippen LogP contribution >= 0.6 is 11.6 Å². The number of benzene rings is 2. The topological polar surface area (TPSA) is 26.8 Å². The Bertz CT molecular complexity index is 888. The zero-order valence-electron chi connectivity index (χ0n) is 18.3. The second kappa shape index (κ2) is 8.99. The average Bonchev–Trinajstić information content (AvgIpc) is 3.07. The van der Waals surface area contributed by atoms with Crippen LogP contribution in [0.5, 0.6) is 0 Å². The third-order valence-electron chi connectivity index (χ3n) is 6.35. The Kier molecular flexibility index (Phi) is 6.35. The van der Waals surface area contributed by atoms with Crippen molar-refractivity contribution in [2.45, 2.75) is 40.2 Å². The Morgan fingerprint density at radius 3 is 2.47 bits per heavy atom. The molecule has 0 spiro atoms. The van der Waals surface area contributed by atoms with Gasteiger partial charge in [0.25, 0.3) is 5.91 Å². The molecule has 1 amide bonds. The molecular weight excluding hydrogens is 394 g/mol. The Balaban J connectivity index is 1.38. The van der Waals surface area contributed by atoms with E-state index in [0.29, 0.717) is 16.9 Å². The molecule has 30 heavy (non-hydrogen) atoms. The van der Waals surface area contributed by atoms with Crippen LogP contribution < -0.4 is 5.01 Å². The highest BCUT2D eigenvalue weighted by Crippen LogP contribution is 2.35. The summed E-state index contributed by atoms with van der Waals surface area (Å²) in [5.74, 6) is 1.34. The van der Waals surface area contributed by atoms with Gasteiger partial charge in [-0.25, -0.2) is 5.01 Å². The molecule has 0 bridgehead atoms. The lowest BCUT2D eigenvalue weighted by Crippen LogP contribution is -2.46. The summed E-state index contributed by atoms with van der Waals surface area (Å²) in [4.78, 5) is 14.8. The number of aryl methyl sites for hydroxylation is 1. The number of hydrogen-bond donors (Lipinski definition) is 0. The number of carbonyl (C=O) groups excluding carboxylic acids is 1. The lowest BCUT2D eigenvalue weighted by molar-refractivity contribution is 0.0662. The highest BCUT2D eigenvalue weighted by molar-refractivity contribution is 6.30. The average molecular weight is 426 g/mol. The minimum atomic E-state index is 0.121. The molecule has 0 radical (unpaired) electrons. The Morgan fingerprint density at radius 2 is 1.80 bits per heavy atom. The van der Waals surface area contributed by atoms with Crippen molar-refractivity contribution in [2.75, 3.05) is 31.2 Å². The Morgan fingerprint density at radius 1 is 1.10 bits per heavy atom. The molecule has 2 aliphatic heterocycles. The number of carbonyl (C=O) groups is 1. The fourth-order valence-electron chi connectivity index (χ4n) is 4.67. The first-order valence-electron chi connectivity index (χ1n) is 11.1. The van der Waals surface area contributed by atoms with Crippen molar-refractivity contribution >= 4 is 23.2 Å². The van der Waals surface area contributed by atoms with Crippen LogP contribution in [0.3, 0.4) is 0 Å². The number of nitrogens with zero attached hydrogens (tertiary/aromatic N) is 3. The minimum absolute atomic E-state index is 0.121. The number of halogens is 1. The Hall–Kier alpha value is -2.04. The van der Waals surface area contributed by atoms with Crippen LogP contribution in [0, 0.1) is 18.8 Å². The van der Waals surface area contributed by atoms with Crippen molar-refractivity contribution in [3.63, 3.8) is 0 Å². The quantitative estimate of drug-likeness (QED) is 0.642. The number of likely N-dealkylation sites (tertiary alicyclic amines) is 1. The standard InChI is InChI=1S/C25H32ClN3O/c1-18(2)15-29-24-6-4-5-19(3)23(24)17-28(29)16-20-11-13-27(14-12-20)25(30)21-7-9-22(26)10-8-21/h4-10,18,20H,11-17H2,1-3H3. The van der Waals surface area contributed by atoms with Crippen LogP contribution in [-0.2, 0) is 6.54 Å². The van der Waals surface area contributed by atoms with Gasteiger partial charge in [-0.15, -0.1) is 0 Å². The van der Waals surface area contributed by atoms with E-state index in [-0.39, 0.29) is 5.91 Å². The molecule has 4 rings (SSSR count). The summed E-state index contributed by atoms with van der Waals surface area (Å²) in [6, 6.07) is 13.9. The van der Waals surface area contributed by atoms with E-state index in [1.807, 2.05) is 17.0 Å². The predicted octanol–water partition coefficient (Wildman–Crippen LogP) is 5.39. The fraction of sp³-hybridized carbons (Fsp3) is 0.480. The SMILES string of the molecule is Cc1cccc2c1CN(CC1CCN(C(=O)c3ccc(Cl)cc3)CC1)N2CC(C)C. The maximum atomic E-state index is 12.8. The molecular formula is C25H32ClN3O. The molecule has 0 unspecified atom stereocenters. The summed E-state index contributed by atoms with van der Waals surface area (Å²) in [7, 11) is 0. The minimum Gasteiger partial charge on any atom is -0.339 e. The van der Waals surface area contributed by atoms with Crippen molar-refractivity contribution < 1.29 is 4.79 Å². The van der Waals surface area contributed by atoms with Gasteiger partial charge in [-0.2, -0.15) is 0 Å². The van der Waals surface area contributed by atoms with Gasteiger partial charge in [0.05, 0.1) is 5.69 Å². The molecule has 0 saturated carbocycles. The van der Waals surface area contributed by atoms with Gasteiger partial charge in [0.15, 0.2) is 0 Å². The molecule has 4 nitrogen and oxygen atoms in total. The summed E-state index contributed by atoms with van der Waals surface area (Å²) < 4.78 is 0. The van der Waals surface area contributed by atoms with Crippen molar-refractivity contribution in [3.8, 4) is 0 Å². The summed E-state index contributed by atoms with van der Waals surface area (Å²) >= 11 is 5.96. The van der Waals surface area contributed by atoms with E-state index in [2.05, 4.69) is 49.0 Å². The van der Waals surface area contributed by atoms with Crippen molar-refractivity contribution in [3.05, 3.63) is 64.2 Å². The normalized spacial score (nSPS) is 17.6. The smallest absolute Gasteiger partial charge is 0.253 e. The maximum Gasteiger partial charge on any atom is 0.253 e. The van der Waals surface area contributed by atoms with Gasteiger partial charge in [0, 0.05) is 43.3 Å². The third-order valence-corrected chi connectivity index (χ3v) is 6.60. The maximum absolute atomic E-state index is 12.8. The Labute approximate surface area is 185 Å². The first-order chi connectivity index (χ1) is 14.4. The van der Waals surface area contributed by atoms with Crippen molar-refractivity contribution in [1.82, 2.24) is 9.91 Å². The van der Waals surface area contributed by atoms with Gasteiger partial charge in [-0.3, -0.25) is 4.79 Å². The van der Waals surface area contributed by atoms with Crippen molar-refractivity contribution in [2.24, 2.45) is 11.8 Å². The number of amides is 1. The van der Waals surface area contributed by atoms with Crippen molar-refractivity contribution in [1.29, 1.82) is 0 Å². The zero-order chi connectivity index (χ0) is 21.3. The van der Waals surface area contributed by atoms with Crippen LogP contribution in [0.15, 0.2) is 42.5 Å². The third kappa shape index (κ3) is 4.50. The monoisotopic (exact) mass is 425 g/mol. The van der Waals surface area contributed by atoms with Gasteiger partial charge in [0.1, 0.15) is 0 Å². The van der Waals surface area contributed by atoms with Crippen LogP contribution in [-0.4, -0.2) is 42.0 Å². The first-order valence-corrected chi connectivity index (χ1v) is 11.5. The van der Waals surface area contributed by atoms with Gasteiger partial charge in [0.2, 0.25) is 0 Å². The largest absolute Gasteiger partial charge is 0.339 e. The molecule has 0 aromatic heterocycles. The molecule has 2 aromatic carbocycles. The molecule has 2 aromatic rings. The van der Waals surface area contributed by atoms with E-state index in [4.69, 9.17) is 11.6 Å². The second-order valence-corrected chi connectivity index (χ2v) is 9.57. The molecule has 1 saturated heterocycles. The second-order valence-electron chi connectivity index (χ2n) is 9.14. The van der Waals surface area contributed by atoms with Crippen LogP contribution in [0.25, 0.3) is 0 Å². The van der Waals surface area contributed by atoms with Crippen LogP contribution in [0.4, 0.5) is 5.69 Å². The fourth-order valence-corrected chi connectivity index (χ4v) is 4.80. The highest BCUT2D eigenvalue weighted by Gasteiger charge is 2.32. The summed E-state index contributed by atoms with van der Waals surface area (Å²) in [5.41, 5.74) is 4.95. The molecule has 5 heteroatoms. The van der Waals surface area contributed by atoms with E-state index in [1.165, 1.54) is 16.8 Å². The summed E-state index contributed by atoms with van der Waals surface area (Å²) in [6.45, 7) is 11.6. The molecule has 0 N–H and O–H groups in total. The molecule has 0 aliphatic carbocycles. The number of piperidine rings is 1. The van der Waals surface area contributed by atoms with Gasteiger partial charge >= 0.3 is 0 Å². The van der Waals surface area contributed by atoms with E-state index in [0.717, 1.165) is 51.1 Å². The number of hydrogen-bond acceptors (Lipinski definition) is 3. The predicted molar refractivity (Wildman–Crippen MR) is 124 cm³/mol. The van der Waals surface area contributed by atoms with Gasteiger partial charge in [-0.1, -0.05) is 37.6 Å². The number of hydrazine groups is 1. The van der Waals surface area contributed by atoms with E-state index >= 15 is 0 Å². The van der Waals surface area contributed by atoms with Gasteiger partial charge < -0.3 is 9.91 Å². The van der Waals surface area contributed by atoms with Gasteiger partial charge in [-0.05, 0) is 73.1 Å². The molecule has 160 valence electrons. The van der Waals surface area contributed by atoms with Crippen LogP contribution in [0.2, 0.25) is 5.02 Å².